The van der Waals surface area contributed by atoms with Crippen molar-refractivity contribution in [1.82, 2.24) is 0 Å². The lowest BCUT2D eigenvalue weighted by Crippen LogP contribution is -1.99. The van der Waals surface area contributed by atoms with Crippen molar-refractivity contribution >= 4 is 10.8 Å². The normalized spacial score (nSPS) is 11.9. The highest BCUT2D eigenvalue weighted by Gasteiger charge is 2.24. The summed E-state index contributed by atoms with van der Waals surface area (Å²) in [5.41, 5.74) is 9.19. The van der Waals surface area contributed by atoms with Crippen molar-refractivity contribution in [2.45, 2.75) is 78.1 Å². The highest BCUT2D eigenvalue weighted by molar-refractivity contribution is 6.16. The SMILES string of the molecule is CCCCCCc1ccc2c(c1CCCCCC)-c1cccc3cccc-2c13. The van der Waals surface area contributed by atoms with Gasteiger partial charge in [0.2, 0.25) is 0 Å². The van der Waals surface area contributed by atoms with Gasteiger partial charge in [-0.15, -0.1) is 0 Å². The fourth-order valence-corrected chi connectivity index (χ4v) is 4.99. The fraction of sp³-hybridized carbons (Fsp3) is 0.429. The van der Waals surface area contributed by atoms with Crippen LogP contribution in [-0.2, 0) is 12.8 Å². The van der Waals surface area contributed by atoms with Crippen molar-refractivity contribution in [3.05, 3.63) is 59.7 Å². The fourth-order valence-electron chi connectivity index (χ4n) is 4.99. The number of fused-ring (bicyclic) bond motifs is 3. The van der Waals surface area contributed by atoms with Crippen molar-refractivity contribution in [1.29, 1.82) is 0 Å². The monoisotopic (exact) mass is 370 g/mol. The molecule has 1 aliphatic carbocycles. The van der Waals surface area contributed by atoms with Crippen molar-refractivity contribution in [2.24, 2.45) is 0 Å². The van der Waals surface area contributed by atoms with Crippen LogP contribution in [0.3, 0.4) is 0 Å². The van der Waals surface area contributed by atoms with Gasteiger partial charge in [-0.1, -0.05) is 101 Å². The van der Waals surface area contributed by atoms with Gasteiger partial charge in [0.15, 0.2) is 0 Å². The third kappa shape index (κ3) is 3.62. The van der Waals surface area contributed by atoms with E-state index in [1.807, 2.05) is 0 Å². The Balaban J connectivity index is 1.74. The van der Waals surface area contributed by atoms with Crippen LogP contribution in [0.2, 0.25) is 0 Å². The highest BCUT2D eigenvalue weighted by Crippen LogP contribution is 2.49. The third-order valence-corrected chi connectivity index (χ3v) is 6.45. The maximum Gasteiger partial charge on any atom is -0.00263 e. The summed E-state index contributed by atoms with van der Waals surface area (Å²) < 4.78 is 0. The van der Waals surface area contributed by atoms with Gasteiger partial charge in [-0.3, -0.25) is 0 Å². The Morgan fingerprint density at radius 3 is 1.96 bits per heavy atom. The maximum atomic E-state index is 2.45. The molecule has 0 heterocycles. The molecule has 3 aromatic rings. The van der Waals surface area contributed by atoms with E-state index in [1.54, 1.807) is 16.7 Å². The first-order valence-electron chi connectivity index (χ1n) is 11.5. The second-order valence-electron chi connectivity index (χ2n) is 8.46. The van der Waals surface area contributed by atoms with Crippen LogP contribution in [0.25, 0.3) is 33.0 Å². The van der Waals surface area contributed by atoms with Crippen LogP contribution in [0.5, 0.6) is 0 Å². The standard InChI is InChI=1S/C28H34/c1-3-5-7-9-13-21-19-20-25-24-17-11-14-22-15-12-18-26(27(22)24)28(25)23(21)16-10-8-6-4-2/h11-12,14-15,17-20H,3-10,13,16H2,1-2H3. The first kappa shape index (κ1) is 19.2. The first-order chi connectivity index (χ1) is 13.8. The minimum absolute atomic E-state index is 1.23. The van der Waals surface area contributed by atoms with Gasteiger partial charge in [-0.2, -0.15) is 0 Å². The summed E-state index contributed by atoms with van der Waals surface area (Å²) >= 11 is 0. The van der Waals surface area contributed by atoms with Crippen LogP contribution in [0, 0.1) is 0 Å². The highest BCUT2D eigenvalue weighted by atomic mass is 14.3. The lowest BCUT2D eigenvalue weighted by Gasteiger charge is -2.16. The summed E-state index contributed by atoms with van der Waals surface area (Å²) in [6.45, 7) is 4.60. The van der Waals surface area contributed by atoms with Crippen LogP contribution >= 0.6 is 0 Å². The summed E-state index contributed by atoms with van der Waals surface area (Å²) in [7, 11) is 0. The molecule has 28 heavy (non-hydrogen) atoms. The van der Waals surface area contributed by atoms with Crippen molar-refractivity contribution in [2.75, 3.05) is 0 Å². The van der Waals surface area contributed by atoms with Crippen molar-refractivity contribution in [3.8, 4) is 22.3 Å². The van der Waals surface area contributed by atoms with E-state index < -0.39 is 0 Å². The number of aryl methyl sites for hydroxylation is 1. The number of unbranched alkanes of at least 4 members (excludes halogenated alkanes) is 6. The first-order valence-corrected chi connectivity index (χ1v) is 11.5. The van der Waals surface area contributed by atoms with E-state index in [0.29, 0.717) is 0 Å². The lowest BCUT2D eigenvalue weighted by molar-refractivity contribution is 0.651. The molecule has 1 aliphatic rings. The van der Waals surface area contributed by atoms with E-state index in [9.17, 15) is 0 Å². The van der Waals surface area contributed by atoms with E-state index in [0.717, 1.165) is 0 Å². The molecule has 3 aromatic carbocycles. The topological polar surface area (TPSA) is 0 Å². The zero-order valence-electron chi connectivity index (χ0n) is 17.7. The predicted molar refractivity (Wildman–Crippen MR) is 124 cm³/mol. The largest absolute Gasteiger partial charge is 0.0654 e. The van der Waals surface area contributed by atoms with Gasteiger partial charge >= 0.3 is 0 Å². The molecule has 146 valence electrons. The molecule has 0 atom stereocenters. The minimum atomic E-state index is 1.23. The Kier molecular flexibility index (Phi) is 6.15. The molecule has 0 spiro atoms. The average molecular weight is 371 g/mol. The molecule has 4 rings (SSSR count). The smallest absolute Gasteiger partial charge is 0.00263 e. The lowest BCUT2D eigenvalue weighted by atomic mass is 9.88. The van der Waals surface area contributed by atoms with Gasteiger partial charge in [0.05, 0.1) is 0 Å². The van der Waals surface area contributed by atoms with Crippen molar-refractivity contribution < 1.29 is 0 Å². The van der Waals surface area contributed by atoms with Gasteiger partial charge in [0.1, 0.15) is 0 Å². The second-order valence-corrected chi connectivity index (χ2v) is 8.46. The second kappa shape index (κ2) is 8.95. The molecule has 0 N–H and O–H groups in total. The molecule has 0 aromatic heterocycles. The number of hydrogen-bond donors (Lipinski definition) is 0. The van der Waals surface area contributed by atoms with Crippen LogP contribution in [0.4, 0.5) is 0 Å². The number of benzene rings is 3. The summed E-state index contributed by atoms with van der Waals surface area (Å²) in [4.78, 5) is 0. The summed E-state index contributed by atoms with van der Waals surface area (Å²) in [6, 6.07) is 18.5. The van der Waals surface area contributed by atoms with Gasteiger partial charge in [-0.05, 0) is 69.8 Å². The van der Waals surface area contributed by atoms with Gasteiger partial charge in [0.25, 0.3) is 0 Å². The molecule has 0 aliphatic heterocycles. The molecule has 0 fully saturated rings. The zero-order chi connectivity index (χ0) is 19.3. The Morgan fingerprint density at radius 1 is 0.571 bits per heavy atom. The Bertz CT molecular complexity index is 942. The predicted octanol–water partition coefficient (Wildman–Crippen LogP) is 8.73. The van der Waals surface area contributed by atoms with E-state index >= 15 is 0 Å². The van der Waals surface area contributed by atoms with Gasteiger partial charge in [-0.25, -0.2) is 0 Å². The van der Waals surface area contributed by atoms with Crippen molar-refractivity contribution in [3.63, 3.8) is 0 Å². The molecule has 0 saturated carbocycles. The minimum Gasteiger partial charge on any atom is -0.0654 e. The molecule has 0 bridgehead atoms. The Labute approximate surface area is 171 Å². The molecule has 0 saturated heterocycles. The molecule has 0 heteroatoms. The van der Waals surface area contributed by atoms with E-state index in [2.05, 4.69) is 62.4 Å². The zero-order valence-corrected chi connectivity index (χ0v) is 17.7. The summed E-state index contributed by atoms with van der Waals surface area (Å²) in [6.07, 6.45) is 13.2. The molecular weight excluding hydrogens is 336 g/mol. The number of hydrogen-bond acceptors (Lipinski definition) is 0. The summed E-state index contributed by atoms with van der Waals surface area (Å²) in [5.74, 6) is 0. The molecule has 0 radical (unpaired) electrons. The van der Waals surface area contributed by atoms with E-state index in [4.69, 9.17) is 0 Å². The quantitative estimate of drug-likeness (QED) is 0.245. The van der Waals surface area contributed by atoms with Gasteiger partial charge < -0.3 is 0 Å². The molecular formula is C28H34. The van der Waals surface area contributed by atoms with Crippen LogP contribution in [-0.4, -0.2) is 0 Å². The molecule has 0 unspecified atom stereocenters. The van der Waals surface area contributed by atoms with E-state index in [1.165, 1.54) is 91.7 Å². The van der Waals surface area contributed by atoms with Crippen LogP contribution < -0.4 is 0 Å². The third-order valence-electron chi connectivity index (χ3n) is 6.45. The number of rotatable bonds is 10. The van der Waals surface area contributed by atoms with Crippen LogP contribution in [0.1, 0.15) is 76.3 Å². The van der Waals surface area contributed by atoms with Gasteiger partial charge in [0, 0.05) is 0 Å². The average Bonchev–Trinajstić information content (AvgIpc) is 3.06. The van der Waals surface area contributed by atoms with E-state index in [-0.39, 0.29) is 0 Å². The molecule has 0 amide bonds. The summed E-state index contributed by atoms with van der Waals surface area (Å²) in [5, 5.41) is 2.85. The Morgan fingerprint density at radius 2 is 1.25 bits per heavy atom. The Hall–Kier alpha value is -2.08. The maximum absolute atomic E-state index is 2.45. The van der Waals surface area contributed by atoms with Crippen LogP contribution in [0.15, 0.2) is 48.5 Å². The molecule has 0 nitrogen and oxygen atoms in total.